The van der Waals surface area contributed by atoms with E-state index in [2.05, 4.69) is 31.4 Å². The molecule has 0 saturated carbocycles. The first kappa shape index (κ1) is 9.92. The van der Waals surface area contributed by atoms with Gasteiger partial charge in [-0.25, -0.2) is 0 Å². The lowest BCUT2D eigenvalue weighted by atomic mass is 9.85. The fourth-order valence-electron chi connectivity index (χ4n) is 0.999. The van der Waals surface area contributed by atoms with E-state index in [-0.39, 0.29) is 0 Å². The predicted molar refractivity (Wildman–Crippen MR) is 46.2 cm³/mol. The molecule has 0 bridgehead atoms. The van der Waals surface area contributed by atoms with Gasteiger partial charge < -0.3 is 10.6 Å². The largest absolute Gasteiger partial charge is 0.319 e. The van der Waals surface area contributed by atoms with Gasteiger partial charge in [-0.2, -0.15) is 0 Å². The summed E-state index contributed by atoms with van der Waals surface area (Å²) in [6.45, 7) is 7.77. The number of nitrogens with one attached hydrogen (secondary N) is 2. The van der Waals surface area contributed by atoms with Crippen LogP contribution >= 0.6 is 0 Å². The van der Waals surface area contributed by atoms with Crippen LogP contribution in [0.1, 0.15) is 20.8 Å². The summed E-state index contributed by atoms with van der Waals surface area (Å²) < 4.78 is 0. The summed E-state index contributed by atoms with van der Waals surface area (Å²) >= 11 is 0. The summed E-state index contributed by atoms with van der Waals surface area (Å²) in [6.07, 6.45) is 0. The fourth-order valence-corrected chi connectivity index (χ4v) is 0.999. The van der Waals surface area contributed by atoms with Crippen molar-refractivity contribution in [2.75, 3.05) is 20.6 Å². The van der Waals surface area contributed by atoms with Crippen molar-refractivity contribution >= 4 is 0 Å². The minimum absolute atomic E-state index is 0.337. The SMILES string of the molecule is CNCC(C)(C)C(C)NC. The molecule has 2 heteroatoms. The molecule has 0 heterocycles. The van der Waals surface area contributed by atoms with Gasteiger partial charge in [-0.3, -0.25) is 0 Å². The lowest BCUT2D eigenvalue weighted by molar-refractivity contribution is 0.262. The van der Waals surface area contributed by atoms with Gasteiger partial charge in [-0.15, -0.1) is 0 Å². The monoisotopic (exact) mass is 144 g/mol. The molecule has 0 saturated heterocycles. The second-order valence-electron chi connectivity index (χ2n) is 3.53. The molecule has 0 aromatic carbocycles. The highest BCUT2D eigenvalue weighted by molar-refractivity contribution is 4.80. The Morgan fingerprint density at radius 1 is 1.30 bits per heavy atom. The van der Waals surface area contributed by atoms with Gasteiger partial charge in [0.15, 0.2) is 0 Å². The van der Waals surface area contributed by atoms with Crippen molar-refractivity contribution in [1.82, 2.24) is 10.6 Å². The van der Waals surface area contributed by atoms with Crippen LogP contribution < -0.4 is 10.6 Å². The van der Waals surface area contributed by atoms with Gasteiger partial charge in [0.2, 0.25) is 0 Å². The van der Waals surface area contributed by atoms with Gasteiger partial charge in [-0.1, -0.05) is 13.8 Å². The number of hydrogen-bond acceptors (Lipinski definition) is 2. The Balaban J connectivity index is 3.82. The quantitative estimate of drug-likeness (QED) is 0.611. The Hall–Kier alpha value is -0.0800. The van der Waals surface area contributed by atoms with Crippen molar-refractivity contribution in [2.24, 2.45) is 5.41 Å². The highest BCUT2D eigenvalue weighted by Gasteiger charge is 2.22. The molecule has 1 atom stereocenters. The average molecular weight is 144 g/mol. The average Bonchev–Trinajstić information content (AvgIpc) is 1.86. The van der Waals surface area contributed by atoms with Crippen LogP contribution in [0.3, 0.4) is 0 Å². The Kier molecular flexibility index (Phi) is 3.91. The molecule has 0 radical (unpaired) electrons. The van der Waals surface area contributed by atoms with Crippen LogP contribution in [0, 0.1) is 5.41 Å². The molecule has 2 N–H and O–H groups in total. The maximum absolute atomic E-state index is 3.25. The zero-order valence-electron chi connectivity index (χ0n) is 7.78. The van der Waals surface area contributed by atoms with Crippen molar-refractivity contribution in [3.63, 3.8) is 0 Å². The van der Waals surface area contributed by atoms with Crippen LogP contribution in [0.5, 0.6) is 0 Å². The molecule has 0 aromatic rings. The molecule has 1 unspecified atom stereocenters. The first-order valence-electron chi connectivity index (χ1n) is 3.86. The molecule has 0 spiro atoms. The Bertz CT molecular complexity index is 89.3. The van der Waals surface area contributed by atoms with E-state index >= 15 is 0 Å². The van der Waals surface area contributed by atoms with E-state index in [1.165, 1.54) is 0 Å². The highest BCUT2D eigenvalue weighted by Crippen LogP contribution is 2.18. The van der Waals surface area contributed by atoms with Gasteiger partial charge in [0.25, 0.3) is 0 Å². The Morgan fingerprint density at radius 2 is 1.80 bits per heavy atom. The minimum Gasteiger partial charge on any atom is -0.319 e. The maximum Gasteiger partial charge on any atom is 0.00990 e. The fraction of sp³-hybridized carbons (Fsp3) is 1.00. The van der Waals surface area contributed by atoms with Gasteiger partial charge in [0, 0.05) is 12.6 Å². The van der Waals surface area contributed by atoms with Crippen LogP contribution in [-0.4, -0.2) is 26.7 Å². The molecule has 0 rings (SSSR count). The van der Waals surface area contributed by atoms with E-state index in [4.69, 9.17) is 0 Å². The molecule has 0 aliphatic heterocycles. The Morgan fingerprint density at radius 3 is 2.10 bits per heavy atom. The van der Waals surface area contributed by atoms with E-state index in [0.717, 1.165) is 6.54 Å². The normalized spacial score (nSPS) is 15.3. The van der Waals surface area contributed by atoms with Crippen LogP contribution in [0.25, 0.3) is 0 Å². The summed E-state index contributed by atoms with van der Waals surface area (Å²) in [5.41, 5.74) is 0.337. The van der Waals surface area contributed by atoms with Crippen LogP contribution in [0.15, 0.2) is 0 Å². The van der Waals surface area contributed by atoms with E-state index in [0.29, 0.717) is 11.5 Å². The molecule has 0 aromatic heterocycles. The number of rotatable bonds is 4. The standard InChI is InChI=1S/C8H20N2/c1-7(10-5)8(2,3)6-9-4/h7,9-10H,6H2,1-5H3. The third-order valence-corrected chi connectivity index (χ3v) is 2.24. The van der Waals surface area contributed by atoms with Crippen molar-refractivity contribution < 1.29 is 0 Å². The second kappa shape index (κ2) is 3.94. The molecule has 0 aliphatic rings. The first-order chi connectivity index (χ1) is 4.54. The van der Waals surface area contributed by atoms with Crippen LogP contribution in [0.2, 0.25) is 0 Å². The van der Waals surface area contributed by atoms with Gasteiger partial charge >= 0.3 is 0 Å². The third-order valence-electron chi connectivity index (χ3n) is 2.24. The molecule has 0 aliphatic carbocycles. The van der Waals surface area contributed by atoms with Crippen molar-refractivity contribution in [3.8, 4) is 0 Å². The third kappa shape index (κ3) is 2.67. The predicted octanol–water partition coefficient (Wildman–Crippen LogP) is 0.840. The van der Waals surface area contributed by atoms with E-state index in [9.17, 15) is 0 Å². The second-order valence-corrected chi connectivity index (χ2v) is 3.53. The minimum atomic E-state index is 0.337. The summed E-state index contributed by atoms with van der Waals surface area (Å²) in [5, 5.41) is 6.43. The van der Waals surface area contributed by atoms with Crippen LogP contribution in [-0.2, 0) is 0 Å². The molecule has 0 fully saturated rings. The molecule has 10 heavy (non-hydrogen) atoms. The molecule has 62 valence electrons. The lowest BCUT2D eigenvalue weighted by Gasteiger charge is -2.31. The zero-order chi connectivity index (χ0) is 8.20. The van der Waals surface area contributed by atoms with Gasteiger partial charge in [0.1, 0.15) is 0 Å². The maximum atomic E-state index is 3.25. The lowest BCUT2D eigenvalue weighted by Crippen LogP contribution is -2.43. The van der Waals surface area contributed by atoms with Crippen LogP contribution in [0.4, 0.5) is 0 Å². The van der Waals surface area contributed by atoms with Crippen molar-refractivity contribution in [1.29, 1.82) is 0 Å². The molecular formula is C8H20N2. The summed E-state index contributed by atoms with van der Waals surface area (Å²) in [6, 6.07) is 0.556. The zero-order valence-corrected chi connectivity index (χ0v) is 7.78. The topological polar surface area (TPSA) is 24.1 Å². The van der Waals surface area contributed by atoms with Crippen molar-refractivity contribution in [2.45, 2.75) is 26.8 Å². The summed E-state index contributed by atoms with van der Waals surface area (Å²) in [4.78, 5) is 0. The smallest absolute Gasteiger partial charge is 0.00990 e. The van der Waals surface area contributed by atoms with E-state index in [1.54, 1.807) is 0 Å². The van der Waals surface area contributed by atoms with E-state index in [1.807, 2.05) is 14.1 Å². The highest BCUT2D eigenvalue weighted by atomic mass is 14.9. The molecular weight excluding hydrogens is 124 g/mol. The Labute approximate surface area is 64.4 Å². The summed E-state index contributed by atoms with van der Waals surface area (Å²) in [7, 11) is 3.99. The first-order valence-corrected chi connectivity index (χ1v) is 3.86. The molecule has 0 amide bonds. The number of hydrogen-bond donors (Lipinski definition) is 2. The summed E-state index contributed by atoms with van der Waals surface area (Å²) in [5.74, 6) is 0. The van der Waals surface area contributed by atoms with Gasteiger partial charge in [-0.05, 0) is 26.4 Å². The van der Waals surface area contributed by atoms with Gasteiger partial charge in [0.05, 0.1) is 0 Å². The molecule has 2 nitrogen and oxygen atoms in total. The van der Waals surface area contributed by atoms with E-state index < -0.39 is 0 Å². The van der Waals surface area contributed by atoms with Crippen molar-refractivity contribution in [3.05, 3.63) is 0 Å².